The van der Waals surface area contributed by atoms with Gasteiger partial charge in [0, 0.05) is 32.4 Å². The van der Waals surface area contributed by atoms with Crippen molar-refractivity contribution in [1.82, 2.24) is 19.9 Å². The highest BCUT2D eigenvalue weighted by molar-refractivity contribution is 5.79. The number of anilines is 1. The van der Waals surface area contributed by atoms with Crippen LogP contribution in [0.25, 0.3) is 11.2 Å². The molecule has 1 aromatic carbocycles. The third-order valence-electron chi connectivity index (χ3n) is 5.99. The summed E-state index contributed by atoms with van der Waals surface area (Å²) in [6.07, 6.45) is 4.34. The summed E-state index contributed by atoms with van der Waals surface area (Å²) in [5.74, 6) is 0.280. The molecule has 1 amide bonds. The molecule has 1 atom stereocenters. The molecule has 1 aliphatic heterocycles. The summed E-state index contributed by atoms with van der Waals surface area (Å²) >= 11 is 0. The third-order valence-corrected chi connectivity index (χ3v) is 5.99. The van der Waals surface area contributed by atoms with E-state index in [-0.39, 0.29) is 17.4 Å². The summed E-state index contributed by atoms with van der Waals surface area (Å²) < 4.78 is 1.65. The smallest absolute Gasteiger partial charge is 0.295 e. The number of carbonyl (C=O) groups is 1. The minimum absolute atomic E-state index is 0.0301. The van der Waals surface area contributed by atoms with Gasteiger partial charge in [0.1, 0.15) is 5.52 Å². The highest BCUT2D eigenvalue weighted by Crippen LogP contribution is 2.21. The average Bonchev–Trinajstić information content (AvgIpc) is 2.82. The first-order valence-electron chi connectivity index (χ1n) is 11.1. The zero-order valence-electron chi connectivity index (χ0n) is 18.2. The lowest BCUT2D eigenvalue weighted by Crippen LogP contribution is -2.45. The second-order valence-corrected chi connectivity index (χ2v) is 8.00. The number of amides is 1. The maximum Gasteiger partial charge on any atom is 0.295 e. The lowest BCUT2D eigenvalue weighted by molar-refractivity contribution is -0.125. The molecular weight excluding hydrogens is 390 g/mol. The molecule has 3 heterocycles. The Morgan fingerprint density at radius 1 is 1.16 bits per heavy atom. The summed E-state index contributed by atoms with van der Waals surface area (Å²) in [5.41, 5.74) is 3.52. The number of benzene rings is 1. The monoisotopic (exact) mass is 419 g/mol. The molecule has 3 aromatic rings. The van der Waals surface area contributed by atoms with E-state index in [0.29, 0.717) is 36.6 Å². The van der Waals surface area contributed by atoms with Gasteiger partial charge in [0.15, 0.2) is 11.5 Å². The van der Waals surface area contributed by atoms with E-state index in [0.717, 1.165) is 31.4 Å². The zero-order valence-corrected chi connectivity index (χ0v) is 18.2. The Kier molecular flexibility index (Phi) is 6.30. The fourth-order valence-corrected chi connectivity index (χ4v) is 4.17. The van der Waals surface area contributed by atoms with E-state index in [2.05, 4.69) is 46.5 Å². The topological polar surface area (TPSA) is 80.1 Å². The van der Waals surface area contributed by atoms with Crippen molar-refractivity contribution >= 4 is 22.9 Å². The Hall–Kier alpha value is -3.22. The Morgan fingerprint density at radius 3 is 2.68 bits per heavy atom. The molecule has 1 unspecified atom stereocenters. The Morgan fingerprint density at radius 2 is 1.94 bits per heavy atom. The molecule has 0 radical (unpaired) electrons. The SMILES string of the molecule is CCc1ccc(CNC(=O)C2CCCN(c3nc4cccnc4n(CC)c3=O)C2)cc1. The molecule has 2 aromatic heterocycles. The fraction of sp³-hybridized carbons (Fsp3) is 0.417. The van der Waals surface area contributed by atoms with Crippen molar-refractivity contribution in [2.75, 3.05) is 18.0 Å². The van der Waals surface area contributed by atoms with Crippen molar-refractivity contribution in [3.05, 3.63) is 64.1 Å². The van der Waals surface area contributed by atoms with Gasteiger partial charge in [-0.2, -0.15) is 0 Å². The van der Waals surface area contributed by atoms with Crippen LogP contribution in [0.5, 0.6) is 0 Å². The van der Waals surface area contributed by atoms with Gasteiger partial charge >= 0.3 is 0 Å². The van der Waals surface area contributed by atoms with E-state index in [1.165, 1.54) is 5.56 Å². The van der Waals surface area contributed by atoms with Gasteiger partial charge in [-0.05, 0) is 49.4 Å². The quantitative estimate of drug-likeness (QED) is 0.665. The number of nitrogens with one attached hydrogen (secondary N) is 1. The van der Waals surface area contributed by atoms with Gasteiger partial charge in [-0.1, -0.05) is 31.2 Å². The number of pyridine rings is 1. The predicted molar refractivity (Wildman–Crippen MR) is 122 cm³/mol. The summed E-state index contributed by atoms with van der Waals surface area (Å²) in [7, 11) is 0. The molecule has 7 nitrogen and oxygen atoms in total. The molecule has 162 valence electrons. The van der Waals surface area contributed by atoms with Crippen molar-refractivity contribution in [3.8, 4) is 0 Å². The molecule has 7 heteroatoms. The number of aromatic nitrogens is 3. The standard InChI is InChI=1S/C24H29N5O2/c1-3-17-9-11-18(12-10-17)15-26-23(30)19-7-6-14-28(16-19)22-24(31)29(4-2)21-20(27-22)8-5-13-25-21/h5,8-13,19H,3-4,6-7,14-16H2,1-2H3,(H,26,30). The highest BCUT2D eigenvalue weighted by atomic mass is 16.2. The number of hydrogen-bond acceptors (Lipinski definition) is 5. The van der Waals surface area contributed by atoms with E-state index >= 15 is 0 Å². The van der Waals surface area contributed by atoms with E-state index in [1.807, 2.05) is 24.0 Å². The lowest BCUT2D eigenvalue weighted by atomic mass is 9.97. The van der Waals surface area contributed by atoms with Crippen LogP contribution >= 0.6 is 0 Å². The van der Waals surface area contributed by atoms with Crippen molar-refractivity contribution in [2.24, 2.45) is 5.92 Å². The van der Waals surface area contributed by atoms with Gasteiger partial charge in [0.2, 0.25) is 5.91 Å². The first kappa shape index (κ1) is 21.0. The van der Waals surface area contributed by atoms with E-state index in [9.17, 15) is 9.59 Å². The first-order valence-corrected chi connectivity index (χ1v) is 11.1. The van der Waals surface area contributed by atoms with Gasteiger partial charge in [-0.15, -0.1) is 0 Å². The van der Waals surface area contributed by atoms with Crippen LogP contribution in [0.1, 0.15) is 37.8 Å². The third kappa shape index (κ3) is 4.45. The number of carbonyl (C=O) groups excluding carboxylic acids is 1. The fourth-order valence-electron chi connectivity index (χ4n) is 4.17. The molecule has 1 aliphatic rings. The molecule has 0 saturated carbocycles. The Labute approximate surface area is 182 Å². The van der Waals surface area contributed by atoms with Crippen LogP contribution in [0.2, 0.25) is 0 Å². The normalized spacial score (nSPS) is 16.5. The Balaban J connectivity index is 1.48. The van der Waals surface area contributed by atoms with Crippen LogP contribution in [-0.4, -0.2) is 33.5 Å². The number of nitrogens with zero attached hydrogens (tertiary/aromatic N) is 4. The Bertz CT molecular complexity index is 1120. The minimum atomic E-state index is -0.162. The van der Waals surface area contributed by atoms with Gasteiger partial charge in [-0.25, -0.2) is 9.97 Å². The van der Waals surface area contributed by atoms with Gasteiger partial charge in [0.05, 0.1) is 5.92 Å². The van der Waals surface area contributed by atoms with Gasteiger partial charge in [0.25, 0.3) is 5.56 Å². The maximum atomic E-state index is 13.1. The van der Waals surface area contributed by atoms with Crippen LogP contribution in [0.4, 0.5) is 5.82 Å². The molecule has 31 heavy (non-hydrogen) atoms. The lowest BCUT2D eigenvalue weighted by Gasteiger charge is -2.32. The van der Waals surface area contributed by atoms with Crippen LogP contribution in [0.3, 0.4) is 0 Å². The minimum Gasteiger partial charge on any atom is -0.352 e. The van der Waals surface area contributed by atoms with Crippen LogP contribution in [0, 0.1) is 5.92 Å². The van der Waals surface area contributed by atoms with E-state index in [4.69, 9.17) is 0 Å². The number of rotatable bonds is 6. The summed E-state index contributed by atoms with van der Waals surface area (Å²) in [6.45, 7) is 6.32. The van der Waals surface area contributed by atoms with Crippen molar-refractivity contribution < 1.29 is 4.79 Å². The molecule has 1 N–H and O–H groups in total. The van der Waals surface area contributed by atoms with Crippen LogP contribution < -0.4 is 15.8 Å². The second-order valence-electron chi connectivity index (χ2n) is 8.00. The molecule has 1 saturated heterocycles. The molecular formula is C24H29N5O2. The largest absolute Gasteiger partial charge is 0.352 e. The molecule has 1 fully saturated rings. The molecule has 0 bridgehead atoms. The number of aryl methyl sites for hydroxylation is 2. The molecule has 4 rings (SSSR count). The molecule has 0 aliphatic carbocycles. The first-order chi connectivity index (χ1) is 15.1. The summed E-state index contributed by atoms with van der Waals surface area (Å²) in [5, 5.41) is 3.07. The number of fused-ring (bicyclic) bond motifs is 1. The predicted octanol–water partition coefficient (Wildman–Crippen LogP) is 2.91. The van der Waals surface area contributed by atoms with Gasteiger partial charge < -0.3 is 10.2 Å². The van der Waals surface area contributed by atoms with E-state index in [1.54, 1.807) is 10.8 Å². The zero-order chi connectivity index (χ0) is 21.8. The number of hydrogen-bond donors (Lipinski definition) is 1. The average molecular weight is 420 g/mol. The highest BCUT2D eigenvalue weighted by Gasteiger charge is 2.28. The van der Waals surface area contributed by atoms with Crippen molar-refractivity contribution in [3.63, 3.8) is 0 Å². The molecule has 0 spiro atoms. The van der Waals surface area contributed by atoms with Crippen LogP contribution in [0.15, 0.2) is 47.4 Å². The van der Waals surface area contributed by atoms with Crippen molar-refractivity contribution in [2.45, 2.75) is 46.2 Å². The van der Waals surface area contributed by atoms with Crippen LogP contribution in [-0.2, 0) is 24.3 Å². The van der Waals surface area contributed by atoms with Crippen molar-refractivity contribution in [1.29, 1.82) is 0 Å². The summed E-state index contributed by atoms with van der Waals surface area (Å²) in [4.78, 5) is 36.8. The van der Waals surface area contributed by atoms with E-state index < -0.39 is 0 Å². The summed E-state index contributed by atoms with van der Waals surface area (Å²) in [6, 6.07) is 12.0. The number of piperidine rings is 1. The maximum absolute atomic E-state index is 13.1. The second kappa shape index (κ2) is 9.29. The van der Waals surface area contributed by atoms with Gasteiger partial charge in [-0.3, -0.25) is 14.2 Å².